The zero-order valence-corrected chi connectivity index (χ0v) is 21.7. The molecule has 4 aromatic heterocycles. The van der Waals surface area contributed by atoms with E-state index in [-0.39, 0.29) is 11.9 Å². The molecular weight excluding hydrogens is 489 g/mol. The number of aromatic amines is 2. The van der Waals surface area contributed by atoms with E-state index in [1.54, 1.807) is 24.7 Å². The summed E-state index contributed by atoms with van der Waals surface area (Å²) in [5.74, 6) is 0.557. The Morgan fingerprint density at radius 3 is 2.54 bits per heavy atom. The lowest BCUT2D eigenvalue weighted by Gasteiger charge is -2.23. The third kappa shape index (κ3) is 4.54. The van der Waals surface area contributed by atoms with E-state index >= 15 is 0 Å². The van der Waals surface area contributed by atoms with Crippen molar-refractivity contribution in [3.8, 4) is 39.4 Å². The van der Waals surface area contributed by atoms with Gasteiger partial charge in [-0.05, 0) is 85.7 Å². The molecule has 0 atom stereocenters. The average molecular weight is 518 g/mol. The lowest BCUT2D eigenvalue weighted by atomic mass is 9.98. The summed E-state index contributed by atoms with van der Waals surface area (Å²) >= 11 is 0. The number of aromatic nitrogens is 5. The molecule has 0 amide bonds. The van der Waals surface area contributed by atoms with Crippen molar-refractivity contribution in [2.75, 3.05) is 0 Å². The number of fused-ring (bicyclic) bond motifs is 2. The van der Waals surface area contributed by atoms with E-state index in [4.69, 9.17) is 4.74 Å². The number of pyridine rings is 2. The van der Waals surface area contributed by atoms with Crippen LogP contribution in [0.25, 0.3) is 55.4 Å². The van der Waals surface area contributed by atoms with Crippen molar-refractivity contribution < 1.29 is 9.13 Å². The lowest BCUT2D eigenvalue weighted by Crippen LogP contribution is -2.19. The topological polar surface area (TPSA) is 79.5 Å². The lowest BCUT2D eigenvalue weighted by molar-refractivity contribution is 0.154. The quantitative estimate of drug-likeness (QED) is 0.243. The first-order valence-corrected chi connectivity index (χ1v) is 13.5. The summed E-state index contributed by atoms with van der Waals surface area (Å²) in [5, 5.41) is 9.77. The molecule has 6 nitrogen and oxygen atoms in total. The predicted octanol–water partition coefficient (Wildman–Crippen LogP) is 7.99. The summed E-state index contributed by atoms with van der Waals surface area (Å²) in [7, 11) is 0. The number of hydrogen-bond acceptors (Lipinski definition) is 4. The Hall–Kier alpha value is -4.52. The van der Waals surface area contributed by atoms with Gasteiger partial charge in [-0.2, -0.15) is 5.10 Å². The van der Waals surface area contributed by atoms with E-state index in [0.29, 0.717) is 0 Å². The van der Waals surface area contributed by atoms with Crippen LogP contribution in [0.15, 0.2) is 73.3 Å². The van der Waals surface area contributed by atoms with Gasteiger partial charge in [0.25, 0.3) is 0 Å². The maximum Gasteiger partial charge on any atom is 0.138 e. The average Bonchev–Trinajstić information content (AvgIpc) is 3.57. The SMILES string of the molecule is Cc1cc(F)cc(-c2cncc3[nH]c(-c4n[nH]c5ccc(-c6cncc(OC7CCCCC7)c6)cc45)cc23)c1. The van der Waals surface area contributed by atoms with Crippen molar-refractivity contribution in [3.05, 3.63) is 84.7 Å². The van der Waals surface area contributed by atoms with Crippen LogP contribution in [0.3, 0.4) is 0 Å². The van der Waals surface area contributed by atoms with Crippen molar-refractivity contribution in [2.24, 2.45) is 0 Å². The Bertz CT molecular complexity index is 1790. The second-order valence-electron chi connectivity index (χ2n) is 10.5. The van der Waals surface area contributed by atoms with Gasteiger partial charge in [-0.15, -0.1) is 0 Å². The highest BCUT2D eigenvalue weighted by Gasteiger charge is 2.17. The van der Waals surface area contributed by atoms with Gasteiger partial charge >= 0.3 is 0 Å². The van der Waals surface area contributed by atoms with Crippen LogP contribution < -0.4 is 4.74 Å². The monoisotopic (exact) mass is 517 g/mol. The molecule has 0 radical (unpaired) electrons. The minimum Gasteiger partial charge on any atom is -0.489 e. The number of benzene rings is 2. The van der Waals surface area contributed by atoms with Crippen molar-refractivity contribution in [3.63, 3.8) is 0 Å². The number of nitrogens with zero attached hydrogens (tertiary/aromatic N) is 3. The number of nitrogens with one attached hydrogen (secondary N) is 2. The molecule has 1 aliphatic carbocycles. The van der Waals surface area contributed by atoms with E-state index in [9.17, 15) is 4.39 Å². The molecule has 0 saturated heterocycles. The second-order valence-corrected chi connectivity index (χ2v) is 10.5. The van der Waals surface area contributed by atoms with E-state index in [0.717, 1.165) is 79.6 Å². The number of hydrogen-bond donors (Lipinski definition) is 2. The van der Waals surface area contributed by atoms with Crippen LogP contribution in [0.1, 0.15) is 37.7 Å². The number of rotatable bonds is 5. The number of halogens is 1. The first-order chi connectivity index (χ1) is 19.1. The Morgan fingerprint density at radius 2 is 1.67 bits per heavy atom. The van der Waals surface area contributed by atoms with Gasteiger partial charge in [0.1, 0.15) is 17.3 Å². The highest BCUT2D eigenvalue weighted by Crippen LogP contribution is 2.36. The molecular formula is C32H28FN5O. The number of H-pyrrole nitrogens is 2. The van der Waals surface area contributed by atoms with Crippen LogP contribution in [0, 0.1) is 12.7 Å². The molecule has 0 unspecified atom stereocenters. The first kappa shape index (κ1) is 23.6. The minimum absolute atomic E-state index is 0.258. The standard InChI is InChI=1S/C32H28FN5O/c1-19-9-21(11-23(33)10-19)28-17-35-18-31-26(28)14-30(36-31)32-27-13-20(7-8-29(27)37-38-32)22-12-25(16-34-15-22)39-24-5-3-2-4-6-24/h7-18,24,36H,2-6H2,1H3,(H,37,38). The summed E-state index contributed by atoms with van der Waals surface area (Å²) in [6, 6.07) is 15.4. The summed E-state index contributed by atoms with van der Waals surface area (Å²) < 4.78 is 20.4. The highest BCUT2D eigenvalue weighted by atomic mass is 19.1. The summed E-state index contributed by atoms with van der Waals surface area (Å²) in [5.41, 5.74) is 8.07. The van der Waals surface area contributed by atoms with Crippen molar-refractivity contribution in [1.82, 2.24) is 25.1 Å². The zero-order valence-electron chi connectivity index (χ0n) is 21.7. The van der Waals surface area contributed by atoms with Gasteiger partial charge < -0.3 is 9.72 Å². The normalized spacial score (nSPS) is 14.3. The van der Waals surface area contributed by atoms with Crippen molar-refractivity contribution in [1.29, 1.82) is 0 Å². The van der Waals surface area contributed by atoms with Crippen LogP contribution in [0.2, 0.25) is 0 Å². The number of ether oxygens (including phenoxy) is 1. The van der Waals surface area contributed by atoms with Gasteiger partial charge in [-0.1, -0.05) is 18.6 Å². The summed E-state index contributed by atoms with van der Waals surface area (Å²) in [6.07, 6.45) is 13.5. The van der Waals surface area contributed by atoms with Crippen LogP contribution in [-0.4, -0.2) is 31.3 Å². The third-order valence-corrected chi connectivity index (χ3v) is 7.62. The largest absolute Gasteiger partial charge is 0.489 e. The van der Waals surface area contributed by atoms with Crippen LogP contribution >= 0.6 is 0 Å². The Kier molecular flexibility index (Phi) is 5.84. The Morgan fingerprint density at radius 1 is 0.795 bits per heavy atom. The van der Waals surface area contributed by atoms with E-state index < -0.39 is 0 Å². The summed E-state index contributed by atoms with van der Waals surface area (Å²) in [4.78, 5) is 12.3. The smallest absolute Gasteiger partial charge is 0.138 e. The van der Waals surface area contributed by atoms with Crippen molar-refractivity contribution >= 4 is 21.8 Å². The molecule has 1 saturated carbocycles. The first-order valence-electron chi connectivity index (χ1n) is 13.5. The van der Waals surface area contributed by atoms with E-state index in [1.165, 1.54) is 25.3 Å². The molecule has 1 fully saturated rings. The third-order valence-electron chi connectivity index (χ3n) is 7.62. The van der Waals surface area contributed by atoms with Gasteiger partial charge in [0.2, 0.25) is 0 Å². The predicted molar refractivity (Wildman–Crippen MR) is 152 cm³/mol. The molecule has 0 aliphatic heterocycles. The molecule has 6 aromatic rings. The number of aryl methyl sites for hydroxylation is 1. The van der Waals surface area contributed by atoms with E-state index in [2.05, 4.69) is 49.4 Å². The van der Waals surface area contributed by atoms with Crippen LogP contribution in [0.5, 0.6) is 5.75 Å². The fourth-order valence-electron chi connectivity index (χ4n) is 5.72. The molecule has 1 aliphatic rings. The Labute approximate surface area is 225 Å². The van der Waals surface area contributed by atoms with Crippen molar-refractivity contribution in [2.45, 2.75) is 45.1 Å². The Balaban J connectivity index is 1.26. The van der Waals surface area contributed by atoms with Crippen LogP contribution in [0.4, 0.5) is 4.39 Å². The molecule has 194 valence electrons. The fourth-order valence-corrected chi connectivity index (χ4v) is 5.72. The molecule has 4 heterocycles. The minimum atomic E-state index is -0.258. The van der Waals surface area contributed by atoms with Gasteiger partial charge in [-0.25, -0.2) is 4.39 Å². The summed E-state index contributed by atoms with van der Waals surface area (Å²) in [6.45, 7) is 1.89. The molecule has 39 heavy (non-hydrogen) atoms. The fraction of sp³-hybridized carbons (Fsp3) is 0.219. The van der Waals surface area contributed by atoms with Crippen LogP contribution in [-0.2, 0) is 0 Å². The molecule has 2 aromatic carbocycles. The van der Waals surface area contributed by atoms with E-state index in [1.807, 2.05) is 25.3 Å². The van der Waals surface area contributed by atoms with Gasteiger partial charge in [0, 0.05) is 34.3 Å². The molecule has 0 spiro atoms. The van der Waals surface area contributed by atoms with Gasteiger partial charge in [0.15, 0.2) is 0 Å². The zero-order chi connectivity index (χ0) is 26.3. The second kappa shape index (κ2) is 9.66. The van der Waals surface area contributed by atoms with Gasteiger partial charge in [-0.3, -0.25) is 15.1 Å². The maximum absolute atomic E-state index is 14.2. The maximum atomic E-state index is 14.2. The van der Waals surface area contributed by atoms with Gasteiger partial charge in [0.05, 0.1) is 35.2 Å². The highest BCUT2D eigenvalue weighted by molar-refractivity contribution is 6.01. The molecule has 7 heteroatoms. The molecule has 7 rings (SSSR count). The molecule has 0 bridgehead atoms. The molecule has 2 N–H and O–H groups in total.